The highest BCUT2D eigenvalue weighted by Gasteiger charge is 2.29. The number of alkyl halides is 4. The number of rotatable bonds is 2. The van der Waals surface area contributed by atoms with E-state index in [9.17, 15) is 18.0 Å². The van der Waals surface area contributed by atoms with Crippen LogP contribution in [0.5, 0.6) is 0 Å². The van der Waals surface area contributed by atoms with E-state index in [1.807, 2.05) is 0 Å². The Morgan fingerprint density at radius 2 is 1.81 bits per heavy atom. The molecule has 1 atom stereocenters. The van der Waals surface area contributed by atoms with Gasteiger partial charge >= 0.3 is 6.18 Å². The highest BCUT2D eigenvalue weighted by atomic mass is 35.5. The van der Waals surface area contributed by atoms with Gasteiger partial charge in [0, 0.05) is 5.69 Å². The second kappa shape index (κ2) is 4.74. The number of benzene rings is 1. The molecule has 1 amide bonds. The first-order valence-corrected chi connectivity index (χ1v) is 4.86. The molecule has 0 unspecified atom stereocenters. The van der Waals surface area contributed by atoms with Gasteiger partial charge in [0.2, 0.25) is 5.91 Å². The summed E-state index contributed by atoms with van der Waals surface area (Å²) in [6.45, 7) is 1.47. The lowest BCUT2D eigenvalue weighted by Gasteiger charge is -2.09. The Kier molecular flexibility index (Phi) is 3.80. The summed E-state index contributed by atoms with van der Waals surface area (Å²) in [6, 6.07) is 4.16. The molecule has 0 saturated heterocycles. The molecule has 0 aliphatic heterocycles. The number of carbonyl (C=O) groups is 1. The van der Waals surface area contributed by atoms with Crippen LogP contribution in [0.2, 0.25) is 0 Å². The molecule has 16 heavy (non-hydrogen) atoms. The molecule has 0 bridgehead atoms. The third kappa shape index (κ3) is 3.41. The number of halogens is 4. The molecule has 1 aromatic rings. The molecule has 0 radical (unpaired) electrons. The van der Waals surface area contributed by atoms with Crippen molar-refractivity contribution in [3.63, 3.8) is 0 Å². The van der Waals surface area contributed by atoms with Crippen molar-refractivity contribution >= 4 is 23.2 Å². The van der Waals surface area contributed by atoms with Crippen molar-refractivity contribution < 1.29 is 18.0 Å². The van der Waals surface area contributed by atoms with Gasteiger partial charge in [0.15, 0.2) is 0 Å². The first-order valence-electron chi connectivity index (χ1n) is 4.43. The number of hydrogen-bond acceptors (Lipinski definition) is 1. The quantitative estimate of drug-likeness (QED) is 0.803. The van der Waals surface area contributed by atoms with Crippen LogP contribution >= 0.6 is 11.6 Å². The monoisotopic (exact) mass is 251 g/mol. The van der Waals surface area contributed by atoms with Crippen LogP contribution in [0.25, 0.3) is 0 Å². The Balaban J connectivity index is 2.76. The maximum atomic E-state index is 12.2. The van der Waals surface area contributed by atoms with Crippen molar-refractivity contribution in [2.24, 2.45) is 0 Å². The van der Waals surface area contributed by atoms with Crippen LogP contribution in [0.4, 0.5) is 18.9 Å². The SMILES string of the molecule is C[C@H](Cl)C(=O)Nc1ccc(C(F)(F)F)cc1. The van der Waals surface area contributed by atoms with E-state index in [-0.39, 0.29) is 5.69 Å². The highest BCUT2D eigenvalue weighted by molar-refractivity contribution is 6.32. The topological polar surface area (TPSA) is 29.1 Å². The molecule has 0 aliphatic rings. The van der Waals surface area contributed by atoms with Crippen LogP contribution < -0.4 is 5.32 Å². The Morgan fingerprint density at radius 3 is 2.19 bits per heavy atom. The first kappa shape index (κ1) is 12.8. The number of anilines is 1. The summed E-state index contributed by atoms with van der Waals surface area (Å²) in [6.07, 6.45) is -4.37. The number of carbonyl (C=O) groups excluding carboxylic acids is 1. The zero-order chi connectivity index (χ0) is 12.3. The molecular weight excluding hydrogens is 243 g/mol. The zero-order valence-corrected chi connectivity index (χ0v) is 9.06. The Morgan fingerprint density at radius 1 is 1.31 bits per heavy atom. The molecule has 0 fully saturated rings. The molecular formula is C10H9ClF3NO. The van der Waals surface area contributed by atoms with E-state index in [0.29, 0.717) is 0 Å². The molecule has 1 N–H and O–H groups in total. The Hall–Kier alpha value is -1.23. The minimum Gasteiger partial charge on any atom is -0.325 e. The van der Waals surface area contributed by atoms with E-state index in [0.717, 1.165) is 12.1 Å². The van der Waals surface area contributed by atoms with Crippen LogP contribution in [0, 0.1) is 0 Å². The van der Waals surface area contributed by atoms with Crippen molar-refractivity contribution in [1.29, 1.82) is 0 Å². The fraction of sp³-hybridized carbons (Fsp3) is 0.300. The summed E-state index contributed by atoms with van der Waals surface area (Å²) in [4.78, 5) is 11.1. The molecule has 2 nitrogen and oxygen atoms in total. The van der Waals surface area contributed by atoms with Gasteiger partial charge in [-0.15, -0.1) is 11.6 Å². The minimum absolute atomic E-state index is 0.283. The molecule has 1 rings (SSSR count). The summed E-state index contributed by atoms with van der Waals surface area (Å²) < 4.78 is 36.6. The van der Waals surface area contributed by atoms with E-state index in [1.165, 1.54) is 19.1 Å². The summed E-state index contributed by atoms with van der Waals surface area (Å²) in [5.41, 5.74) is -0.477. The molecule has 0 heterocycles. The minimum atomic E-state index is -4.37. The van der Waals surface area contributed by atoms with E-state index >= 15 is 0 Å². The summed E-state index contributed by atoms with van der Waals surface area (Å²) >= 11 is 5.49. The van der Waals surface area contributed by atoms with Crippen LogP contribution in [0.15, 0.2) is 24.3 Å². The van der Waals surface area contributed by atoms with Gasteiger partial charge < -0.3 is 5.32 Å². The maximum Gasteiger partial charge on any atom is 0.416 e. The average Bonchev–Trinajstić information content (AvgIpc) is 2.17. The smallest absolute Gasteiger partial charge is 0.325 e. The third-order valence-corrected chi connectivity index (χ3v) is 2.04. The lowest BCUT2D eigenvalue weighted by atomic mass is 10.2. The van der Waals surface area contributed by atoms with Crippen LogP contribution in [-0.4, -0.2) is 11.3 Å². The standard InChI is InChI=1S/C10H9ClF3NO/c1-6(11)9(16)15-8-4-2-7(3-5-8)10(12,13)14/h2-6H,1H3,(H,15,16)/t6-/m0/s1. The molecule has 0 aliphatic carbocycles. The molecule has 88 valence electrons. The van der Waals surface area contributed by atoms with Crippen LogP contribution in [-0.2, 0) is 11.0 Å². The fourth-order valence-electron chi connectivity index (χ4n) is 0.984. The predicted octanol–water partition coefficient (Wildman–Crippen LogP) is 3.27. The molecule has 0 saturated carbocycles. The molecule has 1 aromatic carbocycles. The number of nitrogens with one attached hydrogen (secondary N) is 1. The van der Waals surface area contributed by atoms with E-state index in [4.69, 9.17) is 11.6 Å². The van der Waals surface area contributed by atoms with Crippen molar-refractivity contribution in [1.82, 2.24) is 0 Å². The van der Waals surface area contributed by atoms with E-state index < -0.39 is 23.0 Å². The van der Waals surface area contributed by atoms with Crippen molar-refractivity contribution in [3.05, 3.63) is 29.8 Å². The Labute approximate surface area is 95.4 Å². The van der Waals surface area contributed by atoms with Crippen LogP contribution in [0.3, 0.4) is 0 Å². The molecule has 6 heteroatoms. The van der Waals surface area contributed by atoms with Gasteiger partial charge in [0.25, 0.3) is 0 Å². The van der Waals surface area contributed by atoms with Gasteiger partial charge in [-0.2, -0.15) is 13.2 Å². The number of hydrogen-bond donors (Lipinski definition) is 1. The first-order chi connectivity index (χ1) is 7.30. The van der Waals surface area contributed by atoms with Gasteiger partial charge in [0.1, 0.15) is 5.38 Å². The summed E-state index contributed by atoms with van der Waals surface area (Å²) in [5.74, 6) is -0.457. The van der Waals surface area contributed by atoms with Gasteiger partial charge in [0.05, 0.1) is 5.56 Å². The Bertz CT molecular complexity index is 373. The van der Waals surface area contributed by atoms with E-state index in [1.54, 1.807) is 0 Å². The summed E-state index contributed by atoms with van der Waals surface area (Å²) in [7, 11) is 0. The largest absolute Gasteiger partial charge is 0.416 e. The maximum absolute atomic E-state index is 12.2. The lowest BCUT2D eigenvalue weighted by molar-refractivity contribution is -0.137. The van der Waals surface area contributed by atoms with Crippen molar-refractivity contribution in [3.8, 4) is 0 Å². The summed E-state index contributed by atoms with van der Waals surface area (Å²) in [5, 5.41) is 1.65. The second-order valence-electron chi connectivity index (χ2n) is 3.18. The van der Waals surface area contributed by atoms with Crippen LogP contribution in [0.1, 0.15) is 12.5 Å². The van der Waals surface area contributed by atoms with E-state index in [2.05, 4.69) is 5.32 Å². The second-order valence-corrected chi connectivity index (χ2v) is 3.84. The predicted molar refractivity (Wildman–Crippen MR) is 55.4 cm³/mol. The normalized spacial score (nSPS) is 13.3. The highest BCUT2D eigenvalue weighted by Crippen LogP contribution is 2.29. The molecule has 0 aromatic heterocycles. The van der Waals surface area contributed by atoms with Crippen molar-refractivity contribution in [2.45, 2.75) is 18.5 Å². The van der Waals surface area contributed by atoms with Gasteiger partial charge in [-0.3, -0.25) is 4.79 Å². The number of amides is 1. The third-order valence-electron chi connectivity index (χ3n) is 1.84. The zero-order valence-electron chi connectivity index (χ0n) is 8.31. The van der Waals surface area contributed by atoms with Gasteiger partial charge in [-0.1, -0.05) is 0 Å². The molecule has 0 spiro atoms. The lowest BCUT2D eigenvalue weighted by Crippen LogP contribution is -2.20. The van der Waals surface area contributed by atoms with Crippen molar-refractivity contribution in [2.75, 3.05) is 5.32 Å². The van der Waals surface area contributed by atoms with Gasteiger partial charge in [-0.25, -0.2) is 0 Å². The van der Waals surface area contributed by atoms with Gasteiger partial charge in [-0.05, 0) is 31.2 Å². The fourth-order valence-corrected chi connectivity index (χ4v) is 1.04. The average molecular weight is 252 g/mol.